The van der Waals surface area contributed by atoms with Gasteiger partial charge in [0.2, 0.25) is 0 Å². The number of carboxylic acids is 1. The molecule has 0 aromatic carbocycles. The van der Waals surface area contributed by atoms with Crippen LogP contribution in [0.3, 0.4) is 0 Å². The van der Waals surface area contributed by atoms with Crippen LogP contribution in [0.15, 0.2) is 0 Å². The maximum absolute atomic E-state index is 10.7. The highest BCUT2D eigenvalue weighted by atomic mass is 16.4. The minimum absolute atomic E-state index is 0.00463. The zero-order valence-corrected chi connectivity index (χ0v) is 6.86. The van der Waals surface area contributed by atoms with Crippen molar-refractivity contribution < 1.29 is 14.7 Å². The fourth-order valence-electron chi connectivity index (χ4n) is 1.47. The van der Waals surface area contributed by atoms with Gasteiger partial charge in [-0.05, 0) is 5.92 Å². The van der Waals surface area contributed by atoms with Gasteiger partial charge in [0.05, 0.1) is 5.92 Å². The van der Waals surface area contributed by atoms with Crippen LogP contribution in [0.25, 0.3) is 0 Å². The van der Waals surface area contributed by atoms with Crippen LogP contribution in [0, 0.1) is 11.8 Å². The molecule has 0 aromatic rings. The van der Waals surface area contributed by atoms with Gasteiger partial charge in [-0.1, -0.05) is 6.92 Å². The number of hydrogen-bond acceptors (Lipinski definition) is 2. The van der Waals surface area contributed by atoms with Crippen LogP contribution in [0.4, 0.5) is 4.79 Å². The monoisotopic (exact) mass is 172 g/mol. The van der Waals surface area contributed by atoms with E-state index in [1.54, 1.807) is 0 Å². The lowest BCUT2D eigenvalue weighted by molar-refractivity contribution is -0.142. The summed E-state index contributed by atoms with van der Waals surface area (Å²) < 4.78 is 0. The summed E-state index contributed by atoms with van der Waals surface area (Å²) in [5.41, 5.74) is 5.02. The molecule has 0 bridgehead atoms. The molecule has 2 atom stereocenters. The topological polar surface area (TPSA) is 83.6 Å². The molecule has 1 saturated heterocycles. The molecule has 1 fully saturated rings. The summed E-state index contributed by atoms with van der Waals surface area (Å²) in [6, 6.07) is -0.536. The van der Waals surface area contributed by atoms with Crippen LogP contribution in [0.1, 0.15) is 6.92 Å². The Kier molecular flexibility index (Phi) is 2.21. The van der Waals surface area contributed by atoms with Crippen molar-refractivity contribution in [3.05, 3.63) is 0 Å². The number of hydrogen-bond donors (Lipinski definition) is 2. The fraction of sp³-hybridized carbons (Fsp3) is 0.714. The molecule has 0 spiro atoms. The first-order chi connectivity index (χ1) is 5.52. The summed E-state index contributed by atoms with van der Waals surface area (Å²) in [5, 5.41) is 8.70. The summed E-state index contributed by atoms with van der Waals surface area (Å²) in [6.45, 7) is 2.50. The van der Waals surface area contributed by atoms with Gasteiger partial charge in [0, 0.05) is 13.1 Å². The largest absolute Gasteiger partial charge is 0.481 e. The molecule has 0 unspecified atom stereocenters. The minimum atomic E-state index is -0.855. The van der Waals surface area contributed by atoms with Crippen molar-refractivity contribution in [1.29, 1.82) is 0 Å². The highest BCUT2D eigenvalue weighted by Gasteiger charge is 2.35. The van der Waals surface area contributed by atoms with Crippen molar-refractivity contribution in [1.82, 2.24) is 4.90 Å². The predicted octanol–water partition coefficient (Wildman–Crippen LogP) is -0.282. The molecule has 1 heterocycles. The molecule has 1 aliphatic heterocycles. The van der Waals surface area contributed by atoms with Crippen LogP contribution >= 0.6 is 0 Å². The standard InChI is InChI=1S/C7H12N2O3/c1-4-2-9(7(8)12)3-5(4)6(10)11/h4-5H,2-3H2,1H3,(H2,8,12)(H,10,11)/t4-,5-/m1/s1. The number of urea groups is 1. The second kappa shape index (κ2) is 3.00. The van der Waals surface area contributed by atoms with Crippen molar-refractivity contribution in [3.63, 3.8) is 0 Å². The number of nitrogens with zero attached hydrogens (tertiary/aromatic N) is 1. The number of aliphatic carboxylic acids is 1. The van der Waals surface area contributed by atoms with Crippen molar-refractivity contribution in [2.45, 2.75) is 6.92 Å². The van der Waals surface area contributed by atoms with Gasteiger partial charge in [0.1, 0.15) is 0 Å². The SMILES string of the molecule is C[C@@H]1CN(C(N)=O)C[C@H]1C(=O)O. The average Bonchev–Trinajstić information content (AvgIpc) is 2.30. The smallest absolute Gasteiger partial charge is 0.314 e. The third-order valence-corrected chi connectivity index (χ3v) is 2.24. The van der Waals surface area contributed by atoms with Crippen molar-refractivity contribution in [3.8, 4) is 0 Å². The summed E-state index contributed by atoms with van der Waals surface area (Å²) in [5.74, 6) is -1.32. The lowest BCUT2D eigenvalue weighted by Crippen LogP contribution is -2.34. The van der Waals surface area contributed by atoms with Crippen LogP contribution < -0.4 is 5.73 Å². The fourth-order valence-corrected chi connectivity index (χ4v) is 1.47. The van der Waals surface area contributed by atoms with Gasteiger partial charge in [-0.2, -0.15) is 0 Å². The molecule has 1 aliphatic rings. The minimum Gasteiger partial charge on any atom is -0.481 e. The molecular formula is C7H12N2O3. The number of primary amides is 1. The Hall–Kier alpha value is -1.26. The van der Waals surface area contributed by atoms with Crippen molar-refractivity contribution >= 4 is 12.0 Å². The Bertz CT molecular complexity index is 217. The van der Waals surface area contributed by atoms with E-state index in [4.69, 9.17) is 10.8 Å². The maximum Gasteiger partial charge on any atom is 0.314 e. The molecule has 3 N–H and O–H groups in total. The zero-order valence-electron chi connectivity index (χ0n) is 6.86. The summed E-state index contributed by atoms with van der Waals surface area (Å²) >= 11 is 0. The van der Waals surface area contributed by atoms with E-state index in [2.05, 4.69) is 0 Å². The Morgan fingerprint density at radius 1 is 1.50 bits per heavy atom. The average molecular weight is 172 g/mol. The molecule has 0 aromatic heterocycles. The lowest BCUT2D eigenvalue weighted by atomic mass is 9.99. The van der Waals surface area contributed by atoms with E-state index in [1.165, 1.54) is 4.90 Å². The molecular weight excluding hydrogens is 160 g/mol. The maximum atomic E-state index is 10.7. The van der Waals surface area contributed by atoms with E-state index in [9.17, 15) is 9.59 Å². The first-order valence-electron chi connectivity index (χ1n) is 3.79. The van der Waals surface area contributed by atoms with Gasteiger partial charge in [0.15, 0.2) is 0 Å². The summed E-state index contributed by atoms with van der Waals surface area (Å²) in [6.07, 6.45) is 0. The van der Waals surface area contributed by atoms with E-state index in [1.807, 2.05) is 6.92 Å². The molecule has 5 nitrogen and oxygen atoms in total. The molecule has 0 radical (unpaired) electrons. The second-order valence-electron chi connectivity index (χ2n) is 3.17. The normalized spacial score (nSPS) is 28.9. The Morgan fingerprint density at radius 2 is 2.08 bits per heavy atom. The third kappa shape index (κ3) is 1.49. The van der Waals surface area contributed by atoms with Crippen molar-refractivity contribution in [2.24, 2.45) is 17.6 Å². The van der Waals surface area contributed by atoms with Gasteiger partial charge < -0.3 is 15.7 Å². The Morgan fingerprint density at radius 3 is 2.33 bits per heavy atom. The van der Waals surface area contributed by atoms with Crippen LogP contribution in [-0.2, 0) is 4.79 Å². The van der Waals surface area contributed by atoms with Crippen LogP contribution in [-0.4, -0.2) is 35.1 Å². The van der Waals surface area contributed by atoms with E-state index in [0.717, 1.165) is 0 Å². The Balaban J connectivity index is 2.62. The lowest BCUT2D eigenvalue weighted by Gasteiger charge is -2.10. The molecule has 68 valence electrons. The third-order valence-electron chi connectivity index (χ3n) is 2.24. The van der Waals surface area contributed by atoms with Crippen LogP contribution in [0.5, 0.6) is 0 Å². The molecule has 5 heteroatoms. The highest BCUT2D eigenvalue weighted by molar-refractivity contribution is 5.76. The number of carboxylic acid groups (broad SMARTS) is 1. The van der Waals surface area contributed by atoms with Crippen molar-refractivity contribution in [2.75, 3.05) is 13.1 Å². The van der Waals surface area contributed by atoms with Gasteiger partial charge >= 0.3 is 12.0 Å². The quantitative estimate of drug-likeness (QED) is 0.570. The zero-order chi connectivity index (χ0) is 9.30. The van der Waals surface area contributed by atoms with Gasteiger partial charge in [-0.3, -0.25) is 4.79 Å². The number of carbonyl (C=O) groups excluding carboxylic acids is 1. The van der Waals surface area contributed by atoms with Gasteiger partial charge in [0.25, 0.3) is 0 Å². The van der Waals surface area contributed by atoms with Gasteiger partial charge in [-0.25, -0.2) is 4.79 Å². The highest BCUT2D eigenvalue weighted by Crippen LogP contribution is 2.22. The number of nitrogens with two attached hydrogens (primary N) is 1. The van der Waals surface area contributed by atoms with Crippen LogP contribution in [0.2, 0.25) is 0 Å². The number of amides is 2. The van der Waals surface area contributed by atoms with Gasteiger partial charge in [-0.15, -0.1) is 0 Å². The summed E-state index contributed by atoms with van der Waals surface area (Å²) in [4.78, 5) is 22.6. The molecule has 0 saturated carbocycles. The van der Waals surface area contributed by atoms with E-state index >= 15 is 0 Å². The number of carbonyl (C=O) groups is 2. The number of likely N-dealkylation sites (tertiary alicyclic amines) is 1. The van der Waals surface area contributed by atoms with E-state index < -0.39 is 17.9 Å². The molecule has 2 amide bonds. The second-order valence-corrected chi connectivity index (χ2v) is 3.17. The number of rotatable bonds is 1. The first kappa shape index (κ1) is 8.83. The molecule has 0 aliphatic carbocycles. The van der Waals surface area contributed by atoms with E-state index in [0.29, 0.717) is 6.54 Å². The molecule has 1 rings (SSSR count). The summed E-state index contributed by atoms with van der Waals surface area (Å²) in [7, 11) is 0. The first-order valence-corrected chi connectivity index (χ1v) is 3.79. The van der Waals surface area contributed by atoms with E-state index in [-0.39, 0.29) is 12.5 Å². The molecule has 12 heavy (non-hydrogen) atoms. The Labute approximate surface area is 70.1 Å². The predicted molar refractivity (Wildman–Crippen MR) is 41.4 cm³/mol.